The van der Waals surface area contributed by atoms with Crippen molar-refractivity contribution in [3.63, 3.8) is 0 Å². The van der Waals surface area contributed by atoms with Crippen molar-refractivity contribution in [2.24, 2.45) is 4.99 Å². The fourth-order valence-corrected chi connectivity index (χ4v) is 4.75. The number of ether oxygens (including phenoxy) is 1. The van der Waals surface area contributed by atoms with Crippen molar-refractivity contribution in [1.82, 2.24) is 15.1 Å². The topological polar surface area (TPSA) is 96.8 Å². The minimum atomic E-state index is -0.653. The molecule has 0 aliphatic carbocycles. The summed E-state index contributed by atoms with van der Waals surface area (Å²) in [6, 6.07) is 19.1. The molecule has 8 heteroatoms. The molecule has 0 bridgehead atoms. The van der Waals surface area contributed by atoms with Gasteiger partial charge < -0.3 is 10.1 Å². The molecule has 1 unspecified atom stereocenters. The Hall–Kier alpha value is -4.43. The van der Waals surface area contributed by atoms with Gasteiger partial charge in [0.2, 0.25) is 5.91 Å². The van der Waals surface area contributed by atoms with Crippen molar-refractivity contribution in [1.29, 1.82) is 0 Å². The van der Waals surface area contributed by atoms with Crippen LogP contribution in [0.3, 0.4) is 0 Å². The van der Waals surface area contributed by atoms with Crippen LogP contribution >= 0.6 is 0 Å². The molecule has 0 saturated heterocycles. The minimum absolute atomic E-state index is 0.202. The molecule has 2 heterocycles. The van der Waals surface area contributed by atoms with E-state index in [1.54, 1.807) is 30.6 Å². The van der Waals surface area contributed by atoms with E-state index in [2.05, 4.69) is 46.4 Å². The van der Waals surface area contributed by atoms with E-state index in [0.29, 0.717) is 17.0 Å². The lowest BCUT2D eigenvalue weighted by molar-refractivity contribution is -0.115. The van der Waals surface area contributed by atoms with Crippen LogP contribution in [0.5, 0.6) is 0 Å². The molecule has 1 aliphatic rings. The molecule has 0 fully saturated rings. The number of carbonyl (C=O) groups excluding carboxylic acids is 2. The molecule has 4 aromatic rings. The van der Waals surface area contributed by atoms with E-state index >= 15 is 0 Å². The van der Waals surface area contributed by atoms with E-state index in [1.807, 2.05) is 30.3 Å². The molecule has 8 nitrogen and oxygen atoms in total. The molecule has 0 radical (unpaired) electrons. The highest BCUT2D eigenvalue weighted by Crippen LogP contribution is 2.37. The summed E-state index contributed by atoms with van der Waals surface area (Å²) in [5.74, 6) is -1.31. The van der Waals surface area contributed by atoms with Gasteiger partial charge in [0, 0.05) is 23.0 Å². The Morgan fingerprint density at radius 1 is 0.947 bits per heavy atom. The lowest BCUT2D eigenvalue weighted by atomic mass is 9.89. The summed E-state index contributed by atoms with van der Waals surface area (Å²) in [7, 11) is 1.33. The molecule has 1 aliphatic heterocycles. The van der Waals surface area contributed by atoms with Crippen LogP contribution in [0, 0.1) is 0 Å². The van der Waals surface area contributed by atoms with Crippen LogP contribution < -0.4 is 5.32 Å². The summed E-state index contributed by atoms with van der Waals surface area (Å²) in [5.41, 5.74) is 5.09. The second kappa shape index (κ2) is 10.9. The van der Waals surface area contributed by atoms with E-state index in [1.165, 1.54) is 12.7 Å². The minimum Gasteiger partial charge on any atom is -0.465 e. The van der Waals surface area contributed by atoms with E-state index in [0.717, 1.165) is 47.2 Å². The van der Waals surface area contributed by atoms with Crippen molar-refractivity contribution in [2.45, 2.75) is 26.3 Å². The van der Waals surface area contributed by atoms with Crippen molar-refractivity contribution in [2.75, 3.05) is 25.5 Å². The van der Waals surface area contributed by atoms with Gasteiger partial charge in [-0.1, -0.05) is 44.2 Å². The highest BCUT2D eigenvalue weighted by molar-refractivity contribution is 6.24. The predicted molar refractivity (Wildman–Crippen MR) is 148 cm³/mol. The Balaban J connectivity index is 1.59. The number of nitrogens with zero attached hydrogens (tertiary/aromatic N) is 4. The van der Waals surface area contributed by atoms with Gasteiger partial charge in [-0.15, -0.1) is 0 Å². The van der Waals surface area contributed by atoms with E-state index < -0.39 is 11.9 Å². The van der Waals surface area contributed by atoms with Crippen LogP contribution in [0.2, 0.25) is 0 Å². The van der Waals surface area contributed by atoms with E-state index in [-0.39, 0.29) is 5.91 Å². The highest BCUT2D eigenvalue weighted by atomic mass is 16.5. The maximum absolute atomic E-state index is 13.4. The first kappa shape index (κ1) is 25.2. The third kappa shape index (κ3) is 5.03. The Morgan fingerprint density at radius 3 is 2.37 bits per heavy atom. The molecule has 1 atom stereocenters. The average molecular weight is 508 g/mol. The molecular formula is C30H29N5O3. The molecule has 0 saturated carbocycles. The zero-order chi connectivity index (χ0) is 26.6. The number of nitrogens with one attached hydrogen (secondary N) is 1. The Kier molecular flexibility index (Phi) is 7.24. The number of anilines is 1. The van der Waals surface area contributed by atoms with Crippen molar-refractivity contribution < 1.29 is 14.3 Å². The molecule has 1 N–H and O–H groups in total. The number of aliphatic imine (C=N–C) groups is 1. The molecule has 3 aromatic carbocycles. The smallest absolute Gasteiger partial charge is 0.337 e. The summed E-state index contributed by atoms with van der Waals surface area (Å²) in [6.07, 6.45) is 3.40. The third-order valence-corrected chi connectivity index (χ3v) is 6.91. The van der Waals surface area contributed by atoms with Crippen LogP contribution in [-0.2, 0) is 16.1 Å². The Morgan fingerprint density at radius 2 is 1.66 bits per heavy atom. The largest absolute Gasteiger partial charge is 0.465 e. The summed E-state index contributed by atoms with van der Waals surface area (Å²) in [5, 5.41) is 12.7. The summed E-state index contributed by atoms with van der Waals surface area (Å²) < 4.78 is 4.84. The zero-order valence-electron chi connectivity index (χ0n) is 21.6. The van der Waals surface area contributed by atoms with Gasteiger partial charge >= 0.3 is 5.97 Å². The summed E-state index contributed by atoms with van der Waals surface area (Å²) in [4.78, 5) is 32.8. The number of carbonyl (C=O) groups is 2. The maximum atomic E-state index is 13.4. The van der Waals surface area contributed by atoms with E-state index in [4.69, 9.17) is 9.73 Å². The molecule has 5 rings (SSSR count). The third-order valence-electron chi connectivity index (χ3n) is 6.91. The lowest BCUT2D eigenvalue weighted by Crippen LogP contribution is -2.22. The normalized spacial score (nSPS) is 15.0. The number of rotatable bonds is 8. The van der Waals surface area contributed by atoms with Crippen LogP contribution in [-0.4, -0.2) is 52.9 Å². The zero-order valence-corrected chi connectivity index (χ0v) is 21.6. The second-order valence-electron chi connectivity index (χ2n) is 9.17. The average Bonchev–Trinajstić information content (AvgIpc) is 3.29. The number of amides is 1. The van der Waals surface area contributed by atoms with Crippen LogP contribution in [0.1, 0.15) is 46.8 Å². The number of esters is 1. The highest BCUT2D eigenvalue weighted by Gasteiger charge is 2.36. The van der Waals surface area contributed by atoms with Gasteiger partial charge in [-0.3, -0.25) is 14.7 Å². The number of benzene rings is 3. The Labute approximate surface area is 221 Å². The first-order valence-electron chi connectivity index (χ1n) is 12.6. The molecule has 1 amide bonds. The number of methoxy groups -OCH3 is 1. The molecule has 1 aromatic heterocycles. The summed E-state index contributed by atoms with van der Waals surface area (Å²) in [6.45, 7) is 7.16. The maximum Gasteiger partial charge on any atom is 0.337 e. The van der Waals surface area contributed by atoms with Gasteiger partial charge in [-0.25, -0.2) is 4.79 Å². The summed E-state index contributed by atoms with van der Waals surface area (Å²) >= 11 is 0. The molecular weight excluding hydrogens is 478 g/mol. The van der Waals surface area contributed by atoms with Crippen LogP contribution in [0.4, 0.5) is 11.4 Å². The van der Waals surface area contributed by atoms with Gasteiger partial charge in [-0.2, -0.15) is 10.2 Å². The van der Waals surface area contributed by atoms with Gasteiger partial charge in [0.05, 0.1) is 36.5 Å². The second-order valence-corrected chi connectivity index (χ2v) is 9.17. The molecule has 192 valence electrons. The Bertz CT molecular complexity index is 1530. The first-order valence-corrected chi connectivity index (χ1v) is 12.6. The monoisotopic (exact) mass is 507 g/mol. The predicted octanol–water partition coefficient (Wildman–Crippen LogP) is 5.11. The molecule has 0 spiro atoms. The number of hydrogen-bond acceptors (Lipinski definition) is 7. The number of fused-ring (bicyclic) bond motifs is 2. The van der Waals surface area contributed by atoms with Gasteiger partial charge in [-0.05, 0) is 60.1 Å². The van der Waals surface area contributed by atoms with Crippen LogP contribution in [0.25, 0.3) is 10.8 Å². The van der Waals surface area contributed by atoms with Gasteiger partial charge in [0.1, 0.15) is 5.92 Å². The lowest BCUT2D eigenvalue weighted by Gasteiger charge is -2.18. The van der Waals surface area contributed by atoms with Crippen molar-refractivity contribution >= 4 is 39.7 Å². The number of aromatic nitrogens is 2. The fraction of sp³-hybridized carbons (Fsp3) is 0.233. The quantitative estimate of drug-likeness (QED) is 0.263. The molecule has 38 heavy (non-hydrogen) atoms. The van der Waals surface area contributed by atoms with Gasteiger partial charge in [0.15, 0.2) is 0 Å². The number of hydrogen-bond donors (Lipinski definition) is 1. The van der Waals surface area contributed by atoms with E-state index in [9.17, 15) is 9.59 Å². The van der Waals surface area contributed by atoms with Crippen molar-refractivity contribution in [3.8, 4) is 0 Å². The van der Waals surface area contributed by atoms with Crippen LogP contribution in [0.15, 0.2) is 78.0 Å². The standard InChI is InChI=1S/C30H29N5O3/c1-4-35(5-2)18-19-6-11-24(12-7-19)33-28(20-8-9-22-16-31-32-17-23(22)14-20)27-25-13-10-21(30(37)38-3)15-26(25)34-29(27)36/h6-17,27H,4-5,18H2,1-3H3,(H,34,36). The SMILES string of the molecule is CCN(CC)Cc1ccc(N=C(c2ccc3cnncc3c2)C2C(=O)Nc3cc(C(=O)OC)ccc32)cc1. The van der Waals surface area contributed by atoms with Gasteiger partial charge in [0.25, 0.3) is 0 Å². The fourth-order valence-electron chi connectivity index (χ4n) is 4.75. The first-order chi connectivity index (χ1) is 18.5. The van der Waals surface area contributed by atoms with Crippen molar-refractivity contribution in [3.05, 3.63) is 95.3 Å².